The van der Waals surface area contributed by atoms with Crippen molar-refractivity contribution in [3.8, 4) is 0 Å². The molecule has 1 unspecified atom stereocenters. The Morgan fingerprint density at radius 2 is 1.91 bits per heavy atom. The molecule has 7 nitrogen and oxygen atoms in total. The number of aliphatic hydroxyl groups is 1. The molecule has 2 heterocycles. The maximum absolute atomic E-state index is 12.8. The van der Waals surface area contributed by atoms with Gasteiger partial charge in [-0.05, 0) is 53.9 Å². The van der Waals surface area contributed by atoms with E-state index in [-0.39, 0.29) is 5.91 Å². The van der Waals surface area contributed by atoms with Crippen LogP contribution in [0.3, 0.4) is 0 Å². The summed E-state index contributed by atoms with van der Waals surface area (Å²) in [5.74, 6) is -0.279. The number of hydrogen-bond donors (Lipinski definition) is 3. The molecule has 0 bridgehead atoms. The number of likely N-dealkylation sites (N-methyl/N-ethyl adjacent to an activating group) is 1. The van der Waals surface area contributed by atoms with Gasteiger partial charge in [-0.25, -0.2) is 4.98 Å². The molecule has 168 valence electrons. The van der Waals surface area contributed by atoms with Gasteiger partial charge in [-0.3, -0.25) is 14.5 Å². The zero-order chi connectivity index (χ0) is 23.4. The van der Waals surface area contributed by atoms with Gasteiger partial charge in [-0.1, -0.05) is 41.9 Å². The van der Waals surface area contributed by atoms with Crippen LogP contribution in [0.25, 0.3) is 10.9 Å². The Bertz CT molecular complexity index is 1290. The molecular weight excluding hydrogens is 440 g/mol. The van der Waals surface area contributed by atoms with Crippen molar-refractivity contribution >= 4 is 40.1 Å². The molecular formula is C25H23ClN4O3. The Kier molecular flexibility index (Phi) is 6.72. The molecule has 0 radical (unpaired) electrons. The number of nitrogens with one attached hydrogen (secondary N) is 2. The second kappa shape index (κ2) is 9.85. The van der Waals surface area contributed by atoms with E-state index in [0.717, 1.165) is 16.5 Å². The fourth-order valence-electron chi connectivity index (χ4n) is 3.64. The van der Waals surface area contributed by atoms with E-state index in [1.807, 2.05) is 18.2 Å². The van der Waals surface area contributed by atoms with E-state index in [0.29, 0.717) is 35.1 Å². The van der Waals surface area contributed by atoms with Crippen LogP contribution in [0.2, 0.25) is 5.02 Å². The SMILES string of the molecule is CN(C(=O)C(O)c1ccccc1CCNC(=O)c1cc2cc(Cl)ccc2[nH]1)c1ccccn1. The summed E-state index contributed by atoms with van der Waals surface area (Å²) in [5.41, 5.74) is 2.54. The van der Waals surface area contributed by atoms with Crippen LogP contribution in [0.1, 0.15) is 27.7 Å². The fourth-order valence-corrected chi connectivity index (χ4v) is 3.82. The number of benzene rings is 2. The van der Waals surface area contributed by atoms with Crippen LogP contribution >= 0.6 is 11.6 Å². The second-order valence-electron chi connectivity index (χ2n) is 7.61. The molecule has 0 spiro atoms. The molecule has 0 fully saturated rings. The van der Waals surface area contributed by atoms with Crippen molar-refractivity contribution in [3.63, 3.8) is 0 Å². The molecule has 2 amide bonds. The largest absolute Gasteiger partial charge is 0.378 e. The first-order valence-electron chi connectivity index (χ1n) is 10.4. The normalized spacial score (nSPS) is 11.8. The van der Waals surface area contributed by atoms with Crippen molar-refractivity contribution < 1.29 is 14.7 Å². The van der Waals surface area contributed by atoms with Gasteiger partial charge in [0.25, 0.3) is 11.8 Å². The van der Waals surface area contributed by atoms with Crippen LogP contribution in [-0.2, 0) is 11.2 Å². The zero-order valence-corrected chi connectivity index (χ0v) is 18.7. The molecule has 33 heavy (non-hydrogen) atoms. The molecule has 3 N–H and O–H groups in total. The van der Waals surface area contributed by atoms with Gasteiger partial charge in [0.2, 0.25) is 0 Å². The van der Waals surface area contributed by atoms with Crippen LogP contribution in [0, 0.1) is 0 Å². The molecule has 2 aromatic heterocycles. The molecule has 0 aliphatic heterocycles. The number of hydrogen-bond acceptors (Lipinski definition) is 4. The molecule has 0 aliphatic carbocycles. The molecule has 0 saturated carbocycles. The highest BCUT2D eigenvalue weighted by molar-refractivity contribution is 6.31. The standard InChI is InChI=1S/C25H23ClN4O3/c1-30(22-8-4-5-12-27-22)25(33)23(31)19-7-3-2-6-16(19)11-13-28-24(32)21-15-17-14-18(26)9-10-20(17)29-21/h2-10,12,14-15,23,29,31H,11,13H2,1H3,(H,28,32). The highest BCUT2D eigenvalue weighted by Crippen LogP contribution is 2.23. The maximum atomic E-state index is 12.8. The third-order valence-electron chi connectivity index (χ3n) is 5.41. The topological polar surface area (TPSA) is 98.3 Å². The highest BCUT2D eigenvalue weighted by atomic mass is 35.5. The number of amides is 2. The minimum absolute atomic E-state index is 0.244. The number of aromatic nitrogens is 2. The Hall–Kier alpha value is -3.68. The van der Waals surface area contributed by atoms with Gasteiger partial charge in [0.15, 0.2) is 6.10 Å². The zero-order valence-electron chi connectivity index (χ0n) is 18.0. The summed E-state index contributed by atoms with van der Waals surface area (Å²) in [4.78, 5) is 33.9. The fraction of sp³-hybridized carbons (Fsp3) is 0.160. The lowest BCUT2D eigenvalue weighted by molar-refractivity contribution is -0.126. The Balaban J connectivity index is 1.42. The Morgan fingerprint density at radius 1 is 1.12 bits per heavy atom. The molecule has 0 aliphatic rings. The molecule has 0 saturated heterocycles. The number of pyridine rings is 1. The van der Waals surface area contributed by atoms with E-state index in [1.165, 1.54) is 4.90 Å². The summed E-state index contributed by atoms with van der Waals surface area (Å²) in [7, 11) is 1.57. The number of fused-ring (bicyclic) bond motifs is 1. The van der Waals surface area contributed by atoms with E-state index in [1.54, 1.807) is 61.8 Å². The van der Waals surface area contributed by atoms with Crippen molar-refractivity contribution in [1.82, 2.24) is 15.3 Å². The quantitative estimate of drug-likeness (QED) is 0.388. The van der Waals surface area contributed by atoms with Crippen molar-refractivity contribution in [2.24, 2.45) is 0 Å². The van der Waals surface area contributed by atoms with Crippen LogP contribution in [0.15, 0.2) is 72.9 Å². The number of carbonyl (C=O) groups is 2. The van der Waals surface area contributed by atoms with Crippen LogP contribution in [-0.4, -0.2) is 40.5 Å². The number of halogens is 1. The molecule has 4 aromatic rings. The van der Waals surface area contributed by atoms with E-state index in [2.05, 4.69) is 15.3 Å². The number of anilines is 1. The summed E-state index contributed by atoms with van der Waals surface area (Å²) >= 11 is 6.01. The lowest BCUT2D eigenvalue weighted by Crippen LogP contribution is -2.33. The second-order valence-corrected chi connectivity index (χ2v) is 8.04. The predicted molar refractivity (Wildman–Crippen MR) is 128 cm³/mol. The van der Waals surface area contributed by atoms with Crippen molar-refractivity contribution in [2.75, 3.05) is 18.5 Å². The monoisotopic (exact) mass is 462 g/mol. The number of aromatic amines is 1. The van der Waals surface area contributed by atoms with Gasteiger partial charge in [-0.15, -0.1) is 0 Å². The van der Waals surface area contributed by atoms with Crippen LogP contribution in [0.5, 0.6) is 0 Å². The Labute approximate surface area is 196 Å². The van der Waals surface area contributed by atoms with Gasteiger partial charge >= 0.3 is 0 Å². The highest BCUT2D eigenvalue weighted by Gasteiger charge is 2.25. The lowest BCUT2D eigenvalue weighted by atomic mass is 9.99. The van der Waals surface area contributed by atoms with E-state index in [4.69, 9.17) is 11.6 Å². The number of nitrogens with zero attached hydrogens (tertiary/aromatic N) is 2. The van der Waals surface area contributed by atoms with Gasteiger partial charge < -0.3 is 15.4 Å². The summed E-state index contributed by atoms with van der Waals surface area (Å²) in [6, 6.07) is 19.5. The van der Waals surface area contributed by atoms with Gasteiger partial charge in [0, 0.05) is 35.7 Å². The van der Waals surface area contributed by atoms with E-state index in [9.17, 15) is 14.7 Å². The summed E-state index contributed by atoms with van der Waals surface area (Å²) < 4.78 is 0. The third kappa shape index (κ3) is 5.05. The minimum atomic E-state index is -1.35. The van der Waals surface area contributed by atoms with Crippen molar-refractivity contribution in [2.45, 2.75) is 12.5 Å². The van der Waals surface area contributed by atoms with Gasteiger partial charge in [0.05, 0.1) is 0 Å². The summed E-state index contributed by atoms with van der Waals surface area (Å²) in [6.45, 7) is 0.336. The first-order valence-corrected chi connectivity index (χ1v) is 10.8. The minimum Gasteiger partial charge on any atom is -0.378 e. The molecule has 4 rings (SSSR count). The first kappa shape index (κ1) is 22.5. The third-order valence-corrected chi connectivity index (χ3v) is 5.65. The van der Waals surface area contributed by atoms with Crippen molar-refractivity contribution in [1.29, 1.82) is 0 Å². The van der Waals surface area contributed by atoms with Crippen molar-refractivity contribution in [3.05, 3.63) is 94.8 Å². The number of rotatable bonds is 7. The summed E-state index contributed by atoms with van der Waals surface area (Å²) in [5, 5.41) is 15.1. The summed E-state index contributed by atoms with van der Waals surface area (Å²) in [6.07, 6.45) is 0.692. The van der Waals surface area contributed by atoms with Crippen LogP contribution in [0.4, 0.5) is 5.82 Å². The first-order chi connectivity index (χ1) is 15.9. The van der Waals surface area contributed by atoms with E-state index < -0.39 is 12.0 Å². The smallest absolute Gasteiger partial charge is 0.267 e. The number of aliphatic hydroxyl groups excluding tert-OH is 1. The lowest BCUT2D eigenvalue weighted by Gasteiger charge is -2.21. The maximum Gasteiger partial charge on any atom is 0.267 e. The van der Waals surface area contributed by atoms with Crippen LogP contribution < -0.4 is 10.2 Å². The van der Waals surface area contributed by atoms with Gasteiger partial charge in [-0.2, -0.15) is 0 Å². The Morgan fingerprint density at radius 3 is 2.70 bits per heavy atom. The number of H-pyrrole nitrogens is 1. The molecule has 1 atom stereocenters. The number of carbonyl (C=O) groups excluding carboxylic acids is 2. The predicted octanol–water partition coefficient (Wildman–Crippen LogP) is 3.89. The molecule has 8 heteroatoms. The van der Waals surface area contributed by atoms with Gasteiger partial charge in [0.1, 0.15) is 11.5 Å². The average molecular weight is 463 g/mol. The molecule has 2 aromatic carbocycles. The average Bonchev–Trinajstić information content (AvgIpc) is 3.27. The van der Waals surface area contributed by atoms with E-state index >= 15 is 0 Å².